The smallest absolute Gasteiger partial charge is 0.251 e. The number of amides is 1. The molecule has 1 amide bonds. The number of benzene rings is 1. The molecule has 3 rings (SSSR count). The van der Waals surface area contributed by atoms with Gasteiger partial charge in [0, 0.05) is 44.7 Å². The fraction of sp³-hybridized carbons (Fsp3) is 0.538. The van der Waals surface area contributed by atoms with Crippen molar-refractivity contribution in [3.05, 3.63) is 48.0 Å². The molecule has 2 aromatic rings. The Balaban J connectivity index is 0.000000430. The standard InChI is InChI=1S/C19H32N4O2S.C7H8O/c1-13(2)26-23(4)18-11-15(19(24)20-7-6-8-25-5)10-17(22-18)21-12-16-9-14(16)3;1-8-7-5-3-2-4-6-7/h10-11,13-14,16H,6-9,12H2,1-5H3,(H,20,24)(H,21,22);2-6H,1H3/t14-,16?;/m0./s1. The summed E-state index contributed by atoms with van der Waals surface area (Å²) >= 11 is 1.69. The quantitative estimate of drug-likeness (QED) is 0.318. The number of para-hydroxylation sites is 1. The lowest BCUT2D eigenvalue weighted by atomic mass is 10.2. The lowest BCUT2D eigenvalue weighted by Crippen LogP contribution is -2.26. The lowest BCUT2D eigenvalue weighted by Gasteiger charge is -2.21. The second-order valence-electron chi connectivity index (χ2n) is 8.72. The maximum Gasteiger partial charge on any atom is 0.251 e. The molecule has 7 nitrogen and oxygen atoms in total. The van der Waals surface area contributed by atoms with Crippen molar-refractivity contribution in [3.63, 3.8) is 0 Å². The number of aromatic nitrogens is 1. The van der Waals surface area contributed by atoms with Crippen LogP contribution in [0, 0.1) is 11.8 Å². The highest BCUT2D eigenvalue weighted by atomic mass is 32.2. The van der Waals surface area contributed by atoms with E-state index in [0.29, 0.717) is 24.0 Å². The van der Waals surface area contributed by atoms with Crippen molar-refractivity contribution in [1.82, 2.24) is 10.3 Å². The highest BCUT2D eigenvalue weighted by Gasteiger charge is 2.32. The largest absolute Gasteiger partial charge is 0.497 e. The van der Waals surface area contributed by atoms with Crippen LogP contribution >= 0.6 is 11.9 Å². The number of methoxy groups -OCH3 is 2. The average Bonchev–Trinajstić information content (AvgIpc) is 3.55. The van der Waals surface area contributed by atoms with Crippen LogP contribution in [0.2, 0.25) is 0 Å². The molecule has 34 heavy (non-hydrogen) atoms. The third-order valence-electron chi connectivity index (χ3n) is 5.38. The number of ether oxygens (including phenoxy) is 2. The monoisotopic (exact) mass is 488 g/mol. The van der Waals surface area contributed by atoms with Gasteiger partial charge < -0.3 is 24.4 Å². The molecular weight excluding hydrogens is 448 g/mol. The Morgan fingerprint density at radius 3 is 2.50 bits per heavy atom. The van der Waals surface area contributed by atoms with Crippen molar-refractivity contribution >= 4 is 29.5 Å². The van der Waals surface area contributed by atoms with Crippen molar-refractivity contribution < 1.29 is 14.3 Å². The number of nitrogens with zero attached hydrogens (tertiary/aromatic N) is 2. The first kappa shape index (κ1) is 27.8. The van der Waals surface area contributed by atoms with Crippen LogP contribution in [0.1, 0.15) is 44.0 Å². The first-order chi connectivity index (χ1) is 16.3. The Bertz CT molecular complexity index is 866. The van der Waals surface area contributed by atoms with Crippen LogP contribution in [0.25, 0.3) is 0 Å². The summed E-state index contributed by atoms with van der Waals surface area (Å²) in [6.45, 7) is 8.70. The summed E-state index contributed by atoms with van der Waals surface area (Å²) in [5, 5.41) is 6.80. The van der Waals surface area contributed by atoms with Crippen LogP contribution in [0.4, 0.5) is 11.6 Å². The van der Waals surface area contributed by atoms with E-state index in [1.807, 2.05) is 53.8 Å². The van der Waals surface area contributed by atoms with E-state index in [1.165, 1.54) is 6.42 Å². The van der Waals surface area contributed by atoms with Crippen LogP contribution in [-0.4, -0.2) is 57.1 Å². The third-order valence-corrected chi connectivity index (χ3v) is 6.30. The molecule has 2 atom stereocenters. The van der Waals surface area contributed by atoms with Gasteiger partial charge in [0.25, 0.3) is 5.91 Å². The molecule has 1 aromatic heterocycles. The Morgan fingerprint density at radius 2 is 1.94 bits per heavy atom. The first-order valence-electron chi connectivity index (χ1n) is 11.9. The van der Waals surface area contributed by atoms with Gasteiger partial charge in [-0.05, 0) is 60.9 Å². The van der Waals surface area contributed by atoms with Gasteiger partial charge in [0.15, 0.2) is 0 Å². The predicted molar refractivity (Wildman–Crippen MR) is 143 cm³/mol. The van der Waals surface area contributed by atoms with Crippen LogP contribution in [-0.2, 0) is 4.74 Å². The Morgan fingerprint density at radius 1 is 1.24 bits per heavy atom. The van der Waals surface area contributed by atoms with Crippen molar-refractivity contribution in [2.75, 3.05) is 50.6 Å². The van der Waals surface area contributed by atoms with E-state index < -0.39 is 0 Å². The van der Waals surface area contributed by atoms with Gasteiger partial charge in [0.1, 0.15) is 17.4 Å². The molecule has 0 radical (unpaired) electrons. The molecule has 8 heteroatoms. The molecule has 188 valence electrons. The van der Waals surface area contributed by atoms with Crippen LogP contribution in [0.15, 0.2) is 42.5 Å². The Labute approximate surface area is 209 Å². The molecule has 1 aliphatic rings. The zero-order chi connectivity index (χ0) is 24.9. The molecule has 0 aliphatic heterocycles. The maximum atomic E-state index is 12.5. The first-order valence-corrected chi connectivity index (χ1v) is 12.7. The van der Waals surface area contributed by atoms with Gasteiger partial charge in [-0.3, -0.25) is 4.79 Å². The Kier molecular flexibility index (Phi) is 12.0. The zero-order valence-electron chi connectivity index (χ0n) is 21.3. The molecule has 0 spiro atoms. The molecule has 2 N–H and O–H groups in total. The Hall–Kier alpha value is -2.45. The van der Waals surface area contributed by atoms with Gasteiger partial charge in [-0.25, -0.2) is 4.98 Å². The molecule has 1 heterocycles. The second kappa shape index (κ2) is 14.7. The van der Waals surface area contributed by atoms with Crippen LogP contribution in [0.3, 0.4) is 0 Å². The summed E-state index contributed by atoms with van der Waals surface area (Å²) in [6, 6.07) is 13.4. The molecule has 0 bridgehead atoms. The van der Waals surface area contributed by atoms with Gasteiger partial charge in [-0.1, -0.05) is 39.0 Å². The number of carbonyl (C=O) groups is 1. The van der Waals surface area contributed by atoms with E-state index in [-0.39, 0.29) is 5.91 Å². The van der Waals surface area contributed by atoms with E-state index in [1.54, 1.807) is 26.2 Å². The molecule has 1 saturated carbocycles. The molecule has 1 aliphatic carbocycles. The number of carbonyl (C=O) groups excluding carboxylic acids is 1. The van der Waals surface area contributed by atoms with E-state index >= 15 is 0 Å². The highest BCUT2D eigenvalue weighted by Crippen LogP contribution is 2.37. The fourth-order valence-corrected chi connectivity index (χ4v) is 4.10. The third kappa shape index (κ3) is 10.2. The van der Waals surface area contributed by atoms with E-state index in [2.05, 4.69) is 31.4 Å². The molecule has 1 unspecified atom stereocenters. The average molecular weight is 489 g/mol. The maximum absolute atomic E-state index is 12.5. The summed E-state index contributed by atoms with van der Waals surface area (Å²) in [5.74, 6) is 3.89. The van der Waals surface area contributed by atoms with Crippen molar-refractivity contribution in [2.45, 2.75) is 38.9 Å². The van der Waals surface area contributed by atoms with E-state index in [4.69, 9.17) is 14.5 Å². The molecule has 1 fully saturated rings. The number of hydrogen-bond donors (Lipinski definition) is 2. The molecule has 0 saturated heterocycles. The van der Waals surface area contributed by atoms with Crippen LogP contribution < -0.4 is 19.7 Å². The van der Waals surface area contributed by atoms with Gasteiger partial charge in [-0.15, -0.1) is 0 Å². The number of pyridine rings is 1. The van der Waals surface area contributed by atoms with Crippen molar-refractivity contribution in [2.24, 2.45) is 11.8 Å². The van der Waals surface area contributed by atoms with Crippen LogP contribution in [0.5, 0.6) is 5.75 Å². The van der Waals surface area contributed by atoms with Gasteiger partial charge in [0.05, 0.1) is 7.11 Å². The summed E-state index contributed by atoms with van der Waals surface area (Å²) in [6.07, 6.45) is 2.07. The lowest BCUT2D eigenvalue weighted by molar-refractivity contribution is 0.0948. The molecular formula is C26H40N4O3S. The summed E-state index contributed by atoms with van der Waals surface area (Å²) in [4.78, 5) is 17.2. The minimum atomic E-state index is -0.0736. The minimum absolute atomic E-state index is 0.0736. The second-order valence-corrected chi connectivity index (χ2v) is 10.4. The van der Waals surface area contributed by atoms with Gasteiger partial charge in [-0.2, -0.15) is 0 Å². The minimum Gasteiger partial charge on any atom is -0.497 e. The number of hydrogen-bond acceptors (Lipinski definition) is 7. The SMILES string of the molecule is COCCCNC(=O)c1cc(NCC2C[C@@H]2C)nc(N(C)SC(C)C)c1.COc1ccccc1. The number of rotatable bonds is 12. The highest BCUT2D eigenvalue weighted by molar-refractivity contribution is 8.01. The summed E-state index contributed by atoms with van der Waals surface area (Å²) in [7, 11) is 5.31. The summed E-state index contributed by atoms with van der Waals surface area (Å²) in [5.41, 5.74) is 0.634. The van der Waals surface area contributed by atoms with Crippen molar-refractivity contribution in [1.29, 1.82) is 0 Å². The van der Waals surface area contributed by atoms with E-state index in [0.717, 1.165) is 42.2 Å². The number of anilines is 2. The predicted octanol–water partition coefficient (Wildman–Crippen LogP) is 5.10. The van der Waals surface area contributed by atoms with E-state index in [9.17, 15) is 4.79 Å². The van der Waals surface area contributed by atoms with Crippen molar-refractivity contribution in [3.8, 4) is 5.75 Å². The fourth-order valence-electron chi connectivity index (χ4n) is 3.27. The summed E-state index contributed by atoms with van der Waals surface area (Å²) < 4.78 is 12.0. The zero-order valence-corrected chi connectivity index (χ0v) is 22.2. The topological polar surface area (TPSA) is 75.7 Å². The molecule has 1 aromatic carbocycles. The number of nitrogens with one attached hydrogen (secondary N) is 2. The normalized spacial score (nSPS) is 16.3. The van der Waals surface area contributed by atoms with Gasteiger partial charge >= 0.3 is 0 Å². The van der Waals surface area contributed by atoms with Gasteiger partial charge in [0.2, 0.25) is 0 Å².